The van der Waals surface area contributed by atoms with Crippen LogP contribution in [0.5, 0.6) is 0 Å². The van der Waals surface area contributed by atoms with Gasteiger partial charge in [0.25, 0.3) is 5.92 Å². The Morgan fingerprint density at radius 1 is 1.38 bits per heavy atom. The Hall–Kier alpha value is -0.220. The molecule has 13 heavy (non-hydrogen) atoms. The van der Waals surface area contributed by atoms with E-state index in [0.29, 0.717) is 6.54 Å². The average Bonchev–Trinajstić information content (AvgIpc) is 2.13. The second-order valence-corrected chi connectivity index (χ2v) is 3.38. The molecule has 0 heterocycles. The van der Waals surface area contributed by atoms with Crippen molar-refractivity contribution >= 4 is 0 Å². The van der Waals surface area contributed by atoms with E-state index in [9.17, 15) is 8.78 Å². The highest BCUT2D eigenvalue weighted by Crippen LogP contribution is 2.15. The van der Waals surface area contributed by atoms with Gasteiger partial charge in [-0.25, -0.2) is 8.78 Å². The van der Waals surface area contributed by atoms with Crippen LogP contribution in [0, 0.1) is 0 Å². The van der Waals surface area contributed by atoms with Crippen LogP contribution in [-0.2, 0) is 0 Å². The highest BCUT2D eigenvalue weighted by Gasteiger charge is 2.30. The van der Waals surface area contributed by atoms with Gasteiger partial charge in [-0.2, -0.15) is 0 Å². The van der Waals surface area contributed by atoms with E-state index in [2.05, 4.69) is 0 Å². The molecule has 0 spiro atoms. The number of halogens is 2. The van der Waals surface area contributed by atoms with Gasteiger partial charge in [-0.05, 0) is 19.9 Å². The van der Waals surface area contributed by atoms with Crippen LogP contribution in [0.25, 0.3) is 0 Å². The van der Waals surface area contributed by atoms with Gasteiger partial charge in [0.05, 0.1) is 13.1 Å². The van der Waals surface area contributed by atoms with Crippen molar-refractivity contribution in [1.29, 1.82) is 0 Å². The third-order valence-corrected chi connectivity index (χ3v) is 2.35. The van der Waals surface area contributed by atoms with E-state index in [1.165, 1.54) is 0 Å². The molecule has 0 aromatic carbocycles. The van der Waals surface area contributed by atoms with Crippen molar-refractivity contribution < 1.29 is 8.78 Å². The quantitative estimate of drug-likeness (QED) is 0.697. The molecule has 0 saturated carbocycles. The standard InChI is InChI=1S/C9H20F2N2/c1-4-8(3)13(5-2)7-9(10,11)6-12/h8H,4-7,12H2,1-3H3. The zero-order valence-electron chi connectivity index (χ0n) is 8.69. The third-order valence-electron chi connectivity index (χ3n) is 2.35. The normalized spacial score (nSPS) is 15.0. The molecule has 80 valence electrons. The summed E-state index contributed by atoms with van der Waals surface area (Å²) in [5.74, 6) is -2.75. The van der Waals surface area contributed by atoms with E-state index in [0.717, 1.165) is 6.42 Å². The molecule has 1 unspecified atom stereocenters. The van der Waals surface area contributed by atoms with Crippen LogP contribution in [0.1, 0.15) is 27.2 Å². The van der Waals surface area contributed by atoms with Gasteiger partial charge in [-0.15, -0.1) is 0 Å². The lowest BCUT2D eigenvalue weighted by molar-refractivity contribution is -0.0315. The number of rotatable bonds is 6. The third kappa shape index (κ3) is 4.52. The molecule has 0 aliphatic rings. The average molecular weight is 194 g/mol. The van der Waals surface area contributed by atoms with E-state index in [-0.39, 0.29) is 12.6 Å². The molecule has 0 aliphatic heterocycles. The number of nitrogens with two attached hydrogens (primary N) is 1. The first-order valence-electron chi connectivity index (χ1n) is 4.78. The molecule has 1 atom stereocenters. The molecule has 0 rings (SSSR count). The maximum absolute atomic E-state index is 12.9. The van der Waals surface area contributed by atoms with Gasteiger partial charge < -0.3 is 5.73 Å². The lowest BCUT2D eigenvalue weighted by Gasteiger charge is -2.30. The van der Waals surface area contributed by atoms with E-state index in [1.54, 1.807) is 4.90 Å². The van der Waals surface area contributed by atoms with Crippen LogP contribution in [0.15, 0.2) is 0 Å². The van der Waals surface area contributed by atoms with Gasteiger partial charge in [0.15, 0.2) is 0 Å². The summed E-state index contributed by atoms with van der Waals surface area (Å²) in [7, 11) is 0. The van der Waals surface area contributed by atoms with E-state index in [1.807, 2.05) is 20.8 Å². The second-order valence-electron chi connectivity index (χ2n) is 3.38. The van der Waals surface area contributed by atoms with Gasteiger partial charge in [0.2, 0.25) is 0 Å². The molecule has 0 saturated heterocycles. The fourth-order valence-corrected chi connectivity index (χ4v) is 1.20. The Morgan fingerprint density at radius 3 is 2.23 bits per heavy atom. The highest BCUT2D eigenvalue weighted by molar-refractivity contribution is 4.75. The number of nitrogens with zero attached hydrogens (tertiary/aromatic N) is 1. The van der Waals surface area contributed by atoms with Crippen LogP contribution in [0.2, 0.25) is 0 Å². The predicted molar refractivity (Wildman–Crippen MR) is 51.0 cm³/mol. The molecule has 2 N–H and O–H groups in total. The van der Waals surface area contributed by atoms with Crippen molar-refractivity contribution in [2.75, 3.05) is 19.6 Å². The minimum absolute atomic E-state index is 0.197. The Morgan fingerprint density at radius 2 is 1.92 bits per heavy atom. The van der Waals surface area contributed by atoms with Crippen molar-refractivity contribution in [2.45, 2.75) is 39.2 Å². The second kappa shape index (κ2) is 5.50. The molecular weight excluding hydrogens is 174 g/mol. The monoisotopic (exact) mass is 194 g/mol. The number of hydrogen-bond donors (Lipinski definition) is 1. The summed E-state index contributed by atoms with van der Waals surface area (Å²) in [5.41, 5.74) is 4.97. The van der Waals surface area contributed by atoms with Crippen molar-refractivity contribution in [2.24, 2.45) is 5.73 Å². The fourth-order valence-electron chi connectivity index (χ4n) is 1.20. The first kappa shape index (κ1) is 12.8. The van der Waals surface area contributed by atoms with Gasteiger partial charge in [-0.3, -0.25) is 4.90 Å². The summed E-state index contributed by atoms with van der Waals surface area (Å²) in [5, 5.41) is 0. The lowest BCUT2D eigenvalue weighted by Crippen LogP contribution is -2.45. The molecule has 0 aromatic heterocycles. The Bertz CT molecular complexity index is 140. The molecule has 0 bridgehead atoms. The summed E-state index contributed by atoms with van der Waals surface area (Å²) in [6, 6.07) is 0.197. The molecular formula is C9H20F2N2. The van der Waals surface area contributed by atoms with Crippen LogP contribution < -0.4 is 5.73 Å². The molecule has 0 aromatic rings. The van der Waals surface area contributed by atoms with Crippen molar-refractivity contribution in [3.63, 3.8) is 0 Å². The highest BCUT2D eigenvalue weighted by atomic mass is 19.3. The minimum Gasteiger partial charge on any atom is -0.325 e. The van der Waals surface area contributed by atoms with E-state index in [4.69, 9.17) is 5.73 Å². The van der Waals surface area contributed by atoms with Gasteiger partial charge >= 0.3 is 0 Å². The zero-order valence-corrected chi connectivity index (χ0v) is 8.69. The Kier molecular flexibility index (Phi) is 5.40. The Balaban J connectivity index is 4.11. The van der Waals surface area contributed by atoms with Gasteiger partial charge in [-0.1, -0.05) is 13.8 Å². The lowest BCUT2D eigenvalue weighted by atomic mass is 10.2. The summed E-state index contributed by atoms with van der Waals surface area (Å²) in [4.78, 5) is 1.76. The van der Waals surface area contributed by atoms with Crippen molar-refractivity contribution in [1.82, 2.24) is 4.90 Å². The Labute approximate surface area is 79.1 Å². The van der Waals surface area contributed by atoms with Crippen LogP contribution in [0.3, 0.4) is 0 Å². The maximum Gasteiger partial charge on any atom is 0.272 e. The topological polar surface area (TPSA) is 29.3 Å². The number of alkyl halides is 2. The summed E-state index contributed by atoms with van der Waals surface area (Å²) < 4.78 is 25.8. The SMILES string of the molecule is CCC(C)N(CC)CC(F)(F)CN. The summed E-state index contributed by atoms with van der Waals surface area (Å²) in [6.07, 6.45) is 0.883. The molecule has 0 radical (unpaired) electrons. The molecule has 0 amide bonds. The molecule has 4 heteroatoms. The van der Waals surface area contributed by atoms with Crippen LogP contribution in [0.4, 0.5) is 8.78 Å². The maximum atomic E-state index is 12.9. The largest absolute Gasteiger partial charge is 0.325 e. The van der Waals surface area contributed by atoms with Gasteiger partial charge in [0.1, 0.15) is 0 Å². The first-order chi connectivity index (χ1) is 5.96. The van der Waals surface area contributed by atoms with E-state index < -0.39 is 12.5 Å². The van der Waals surface area contributed by atoms with Crippen molar-refractivity contribution in [3.8, 4) is 0 Å². The first-order valence-corrected chi connectivity index (χ1v) is 4.78. The van der Waals surface area contributed by atoms with Crippen LogP contribution >= 0.6 is 0 Å². The van der Waals surface area contributed by atoms with Gasteiger partial charge in [0, 0.05) is 6.04 Å². The summed E-state index contributed by atoms with van der Waals surface area (Å²) in [6.45, 7) is 5.68. The molecule has 0 fully saturated rings. The minimum atomic E-state index is -2.75. The molecule has 2 nitrogen and oxygen atoms in total. The van der Waals surface area contributed by atoms with Crippen molar-refractivity contribution in [3.05, 3.63) is 0 Å². The predicted octanol–water partition coefficient (Wildman–Crippen LogP) is 1.70. The van der Waals surface area contributed by atoms with Crippen LogP contribution in [-0.4, -0.2) is 36.5 Å². The summed E-state index contributed by atoms with van der Waals surface area (Å²) >= 11 is 0. The fraction of sp³-hybridized carbons (Fsp3) is 1.00. The molecule has 0 aliphatic carbocycles. The smallest absolute Gasteiger partial charge is 0.272 e. The van der Waals surface area contributed by atoms with E-state index >= 15 is 0 Å². The number of hydrogen-bond acceptors (Lipinski definition) is 2. The zero-order chi connectivity index (χ0) is 10.5.